The number of carbonyl (C=O) groups excluding carboxylic acids is 1. The number of nitrogens with one attached hydrogen (secondary N) is 2. The first-order valence-corrected chi connectivity index (χ1v) is 7.53. The minimum Gasteiger partial charge on any atom is -0.491 e. The summed E-state index contributed by atoms with van der Waals surface area (Å²) in [5.41, 5.74) is 0.734. The number of halogens is 1. The summed E-state index contributed by atoms with van der Waals surface area (Å²) in [6.45, 7) is 2.25. The average Bonchev–Trinajstić information content (AvgIpc) is 2.98. The largest absolute Gasteiger partial charge is 0.491 e. The van der Waals surface area contributed by atoms with Crippen LogP contribution in [0.3, 0.4) is 0 Å². The van der Waals surface area contributed by atoms with Crippen LogP contribution in [0.2, 0.25) is 0 Å². The zero-order chi connectivity index (χ0) is 14.9. The lowest BCUT2D eigenvalue weighted by Crippen LogP contribution is -2.27. The van der Waals surface area contributed by atoms with E-state index < -0.39 is 0 Å². The average molecular weight is 329 g/mol. The Hall–Kier alpha value is -1.30. The van der Waals surface area contributed by atoms with Crippen molar-refractivity contribution in [3.8, 4) is 5.75 Å². The number of carbonyl (C=O) groups is 1. The fourth-order valence-electron chi connectivity index (χ4n) is 2.44. The molecule has 0 saturated carbocycles. The number of amides is 1. The number of anilines is 1. The molecule has 124 valence electrons. The third-order valence-corrected chi connectivity index (χ3v) is 3.51. The van der Waals surface area contributed by atoms with E-state index in [9.17, 15) is 4.79 Å². The molecular weight excluding hydrogens is 304 g/mol. The van der Waals surface area contributed by atoms with Gasteiger partial charge in [-0.1, -0.05) is 12.1 Å². The Morgan fingerprint density at radius 2 is 2.18 bits per heavy atom. The minimum atomic E-state index is 0. The van der Waals surface area contributed by atoms with Crippen molar-refractivity contribution in [3.63, 3.8) is 0 Å². The molecule has 1 amide bonds. The summed E-state index contributed by atoms with van der Waals surface area (Å²) < 4.78 is 10.7. The first-order chi connectivity index (χ1) is 10.3. The highest BCUT2D eigenvalue weighted by molar-refractivity contribution is 5.92. The molecule has 1 heterocycles. The summed E-state index contributed by atoms with van der Waals surface area (Å²) in [4.78, 5) is 12.1. The fraction of sp³-hybridized carbons (Fsp3) is 0.562. The SMILES string of the molecule is COCCCOc1ccccc1NC(=O)CC1CCCN1.Cl. The third kappa shape index (κ3) is 6.22. The number of hydrogen-bond donors (Lipinski definition) is 2. The van der Waals surface area contributed by atoms with E-state index in [1.54, 1.807) is 7.11 Å². The summed E-state index contributed by atoms with van der Waals surface area (Å²) in [5.74, 6) is 0.740. The maximum Gasteiger partial charge on any atom is 0.226 e. The summed E-state index contributed by atoms with van der Waals surface area (Å²) in [6, 6.07) is 7.84. The van der Waals surface area contributed by atoms with Gasteiger partial charge >= 0.3 is 0 Å². The molecule has 1 aromatic carbocycles. The Labute approximate surface area is 138 Å². The van der Waals surface area contributed by atoms with Gasteiger partial charge in [-0.2, -0.15) is 0 Å². The van der Waals surface area contributed by atoms with Gasteiger partial charge in [-0.25, -0.2) is 0 Å². The molecule has 1 unspecified atom stereocenters. The molecule has 1 atom stereocenters. The Balaban J connectivity index is 0.00000242. The summed E-state index contributed by atoms with van der Waals surface area (Å²) in [7, 11) is 1.67. The van der Waals surface area contributed by atoms with Crippen LogP contribution in [0.5, 0.6) is 5.75 Å². The quantitative estimate of drug-likeness (QED) is 0.720. The Bertz CT molecular complexity index is 451. The first kappa shape index (κ1) is 18.7. The van der Waals surface area contributed by atoms with Crippen LogP contribution in [0.15, 0.2) is 24.3 Å². The first-order valence-electron chi connectivity index (χ1n) is 7.53. The van der Waals surface area contributed by atoms with Crippen molar-refractivity contribution in [3.05, 3.63) is 24.3 Å². The lowest BCUT2D eigenvalue weighted by atomic mass is 10.1. The highest BCUT2D eigenvalue weighted by Crippen LogP contribution is 2.24. The van der Waals surface area contributed by atoms with Crippen molar-refractivity contribution >= 4 is 24.0 Å². The topological polar surface area (TPSA) is 59.6 Å². The van der Waals surface area contributed by atoms with E-state index in [-0.39, 0.29) is 18.3 Å². The highest BCUT2D eigenvalue weighted by atomic mass is 35.5. The molecule has 5 nitrogen and oxygen atoms in total. The van der Waals surface area contributed by atoms with Gasteiger partial charge in [0, 0.05) is 32.6 Å². The number of benzene rings is 1. The molecule has 1 aliphatic rings. The second-order valence-electron chi connectivity index (χ2n) is 5.24. The zero-order valence-electron chi connectivity index (χ0n) is 13.0. The molecule has 2 N–H and O–H groups in total. The van der Waals surface area contributed by atoms with Crippen molar-refractivity contribution in [2.24, 2.45) is 0 Å². The second kappa shape index (κ2) is 10.4. The van der Waals surface area contributed by atoms with Crippen molar-refractivity contribution in [2.45, 2.75) is 31.7 Å². The molecule has 22 heavy (non-hydrogen) atoms. The predicted octanol–water partition coefficient (Wildman–Crippen LogP) is 2.60. The molecule has 1 aliphatic heterocycles. The Morgan fingerprint density at radius 1 is 1.36 bits per heavy atom. The van der Waals surface area contributed by atoms with E-state index in [0.29, 0.717) is 31.4 Å². The maximum absolute atomic E-state index is 12.1. The van der Waals surface area contributed by atoms with Crippen molar-refractivity contribution in [1.29, 1.82) is 0 Å². The van der Waals surface area contributed by atoms with Crippen LogP contribution in [-0.2, 0) is 9.53 Å². The van der Waals surface area contributed by atoms with E-state index >= 15 is 0 Å². The lowest BCUT2D eigenvalue weighted by Gasteiger charge is -2.14. The van der Waals surface area contributed by atoms with Gasteiger partial charge in [0.05, 0.1) is 12.3 Å². The van der Waals surface area contributed by atoms with Gasteiger partial charge in [0.2, 0.25) is 5.91 Å². The molecule has 0 bridgehead atoms. The van der Waals surface area contributed by atoms with E-state index in [0.717, 1.165) is 31.5 Å². The van der Waals surface area contributed by atoms with E-state index in [1.807, 2.05) is 24.3 Å². The van der Waals surface area contributed by atoms with Gasteiger partial charge in [-0.05, 0) is 31.5 Å². The third-order valence-electron chi connectivity index (χ3n) is 3.51. The number of ether oxygens (including phenoxy) is 2. The van der Waals surface area contributed by atoms with E-state index in [1.165, 1.54) is 0 Å². The summed E-state index contributed by atoms with van der Waals surface area (Å²) in [6.07, 6.45) is 3.56. The van der Waals surface area contributed by atoms with Gasteiger partial charge in [0.1, 0.15) is 5.75 Å². The molecule has 0 spiro atoms. The monoisotopic (exact) mass is 328 g/mol. The van der Waals surface area contributed by atoms with Crippen LogP contribution < -0.4 is 15.4 Å². The van der Waals surface area contributed by atoms with Crippen LogP contribution in [0.1, 0.15) is 25.7 Å². The number of para-hydroxylation sites is 2. The van der Waals surface area contributed by atoms with Gasteiger partial charge < -0.3 is 20.1 Å². The molecule has 6 heteroatoms. The molecule has 0 aliphatic carbocycles. The number of hydrogen-bond acceptors (Lipinski definition) is 4. The van der Waals surface area contributed by atoms with E-state index in [4.69, 9.17) is 9.47 Å². The Morgan fingerprint density at radius 3 is 2.91 bits per heavy atom. The second-order valence-corrected chi connectivity index (χ2v) is 5.24. The number of rotatable bonds is 8. The van der Waals surface area contributed by atoms with Crippen LogP contribution in [-0.4, -0.2) is 38.8 Å². The van der Waals surface area contributed by atoms with Crippen LogP contribution in [0, 0.1) is 0 Å². The maximum atomic E-state index is 12.1. The van der Waals surface area contributed by atoms with E-state index in [2.05, 4.69) is 10.6 Å². The smallest absolute Gasteiger partial charge is 0.226 e. The molecule has 1 aromatic rings. The lowest BCUT2D eigenvalue weighted by molar-refractivity contribution is -0.116. The zero-order valence-corrected chi connectivity index (χ0v) is 13.8. The van der Waals surface area contributed by atoms with Crippen molar-refractivity contribution in [2.75, 3.05) is 32.2 Å². The van der Waals surface area contributed by atoms with Crippen LogP contribution in [0.25, 0.3) is 0 Å². The van der Waals surface area contributed by atoms with Crippen molar-refractivity contribution in [1.82, 2.24) is 5.32 Å². The van der Waals surface area contributed by atoms with Gasteiger partial charge in [-0.3, -0.25) is 4.79 Å². The normalized spacial score (nSPS) is 16.9. The molecule has 1 fully saturated rings. The Kier molecular flexibility index (Phi) is 8.89. The highest BCUT2D eigenvalue weighted by Gasteiger charge is 2.18. The van der Waals surface area contributed by atoms with Crippen LogP contribution >= 0.6 is 12.4 Å². The summed E-state index contributed by atoms with van der Waals surface area (Å²) >= 11 is 0. The fourth-order valence-corrected chi connectivity index (χ4v) is 2.44. The number of methoxy groups -OCH3 is 1. The molecule has 0 aromatic heterocycles. The molecule has 2 rings (SSSR count). The minimum absolute atomic E-state index is 0. The molecular formula is C16H25ClN2O3. The van der Waals surface area contributed by atoms with Crippen LogP contribution in [0.4, 0.5) is 5.69 Å². The van der Waals surface area contributed by atoms with Gasteiger partial charge in [-0.15, -0.1) is 12.4 Å². The van der Waals surface area contributed by atoms with Gasteiger partial charge in [0.25, 0.3) is 0 Å². The molecule has 0 radical (unpaired) electrons. The van der Waals surface area contributed by atoms with Gasteiger partial charge in [0.15, 0.2) is 0 Å². The standard InChI is InChI=1S/C16H24N2O3.ClH/c1-20-10-5-11-21-15-8-3-2-7-14(15)18-16(19)12-13-6-4-9-17-13;/h2-3,7-8,13,17H,4-6,9-12H2,1H3,(H,18,19);1H. The predicted molar refractivity (Wildman–Crippen MR) is 89.9 cm³/mol. The molecule has 1 saturated heterocycles. The van der Waals surface area contributed by atoms with Crippen molar-refractivity contribution < 1.29 is 14.3 Å². The summed E-state index contributed by atoms with van der Waals surface area (Å²) in [5, 5.41) is 6.27.